The maximum Gasteiger partial charge on any atom is 0.125 e. The molecule has 104 valence electrons. The van der Waals surface area contributed by atoms with Gasteiger partial charge < -0.3 is 10.0 Å². The standard InChI is InChI=1S/C16H15BrFNO/c1-10(20)14-5-4-13(9-15(14)17)19-7-6-11-2-3-12(18)8-16(11)19/h2-5,8-10,20H,6-7H2,1H3/t10-/m0/s1. The van der Waals surface area contributed by atoms with Gasteiger partial charge in [-0.25, -0.2) is 4.39 Å². The largest absolute Gasteiger partial charge is 0.389 e. The predicted octanol–water partition coefficient (Wildman–Crippen LogP) is 4.34. The Kier molecular flexibility index (Phi) is 3.52. The normalized spacial score (nSPS) is 15.3. The summed E-state index contributed by atoms with van der Waals surface area (Å²) < 4.78 is 14.3. The molecule has 20 heavy (non-hydrogen) atoms. The fraction of sp³-hybridized carbons (Fsp3) is 0.250. The van der Waals surface area contributed by atoms with Crippen LogP contribution in [0.1, 0.15) is 24.2 Å². The Bertz CT molecular complexity index is 657. The lowest BCUT2D eigenvalue weighted by molar-refractivity contribution is 0.198. The molecule has 0 bridgehead atoms. The number of hydrogen-bond donors (Lipinski definition) is 1. The minimum atomic E-state index is -0.512. The van der Waals surface area contributed by atoms with E-state index in [2.05, 4.69) is 20.8 Å². The molecule has 0 spiro atoms. The van der Waals surface area contributed by atoms with Gasteiger partial charge in [0.2, 0.25) is 0 Å². The molecule has 4 heteroatoms. The summed E-state index contributed by atoms with van der Waals surface area (Å²) in [6.07, 6.45) is 0.410. The lowest BCUT2D eigenvalue weighted by Gasteiger charge is -2.21. The second-order valence-corrected chi connectivity index (χ2v) is 5.91. The van der Waals surface area contributed by atoms with Gasteiger partial charge in [-0.2, -0.15) is 0 Å². The monoisotopic (exact) mass is 335 g/mol. The molecular formula is C16H15BrFNO. The van der Waals surface area contributed by atoms with Gasteiger partial charge in [0.15, 0.2) is 0 Å². The van der Waals surface area contributed by atoms with Crippen molar-refractivity contribution < 1.29 is 9.50 Å². The van der Waals surface area contributed by atoms with Gasteiger partial charge in [-0.15, -0.1) is 0 Å². The van der Waals surface area contributed by atoms with E-state index in [1.54, 1.807) is 13.0 Å². The fourth-order valence-corrected chi connectivity index (χ4v) is 3.34. The Morgan fingerprint density at radius 3 is 2.75 bits per heavy atom. The van der Waals surface area contributed by atoms with Crippen LogP contribution >= 0.6 is 15.9 Å². The van der Waals surface area contributed by atoms with Gasteiger partial charge in [-0.3, -0.25) is 0 Å². The van der Waals surface area contributed by atoms with E-state index >= 15 is 0 Å². The summed E-state index contributed by atoms with van der Waals surface area (Å²) >= 11 is 3.49. The van der Waals surface area contributed by atoms with Crippen molar-refractivity contribution in [2.45, 2.75) is 19.4 Å². The van der Waals surface area contributed by atoms with Crippen molar-refractivity contribution in [1.82, 2.24) is 0 Å². The Morgan fingerprint density at radius 2 is 2.05 bits per heavy atom. The van der Waals surface area contributed by atoms with Crippen molar-refractivity contribution in [3.05, 3.63) is 57.8 Å². The molecule has 2 aromatic rings. The average molecular weight is 336 g/mol. The topological polar surface area (TPSA) is 23.5 Å². The third-order valence-corrected chi connectivity index (χ3v) is 4.38. The zero-order valence-electron chi connectivity index (χ0n) is 11.1. The van der Waals surface area contributed by atoms with Crippen LogP contribution in [-0.4, -0.2) is 11.7 Å². The van der Waals surface area contributed by atoms with Crippen molar-refractivity contribution in [1.29, 1.82) is 0 Å². The van der Waals surface area contributed by atoms with E-state index in [1.807, 2.05) is 24.3 Å². The zero-order valence-corrected chi connectivity index (χ0v) is 12.7. The van der Waals surface area contributed by atoms with Crippen molar-refractivity contribution in [2.75, 3.05) is 11.4 Å². The summed E-state index contributed by atoms with van der Waals surface area (Å²) in [6, 6.07) is 10.8. The number of aliphatic hydroxyl groups is 1. The smallest absolute Gasteiger partial charge is 0.125 e. The Morgan fingerprint density at radius 1 is 1.25 bits per heavy atom. The van der Waals surface area contributed by atoms with Crippen molar-refractivity contribution >= 4 is 27.3 Å². The summed E-state index contributed by atoms with van der Waals surface area (Å²) in [5.74, 6) is -0.213. The second kappa shape index (κ2) is 5.19. The number of nitrogens with zero attached hydrogens (tertiary/aromatic N) is 1. The summed E-state index contributed by atoms with van der Waals surface area (Å²) in [7, 11) is 0. The van der Waals surface area contributed by atoms with Crippen LogP contribution in [0.25, 0.3) is 0 Å². The Hall–Kier alpha value is -1.39. The SMILES string of the molecule is C[C@H](O)c1ccc(N2CCc3ccc(F)cc32)cc1Br. The van der Waals surface area contributed by atoms with Crippen molar-refractivity contribution in [2.24, 2.45) is 0 Å². The summed E-state index contributed by atoms with van der Waals surface area (Å²) in [5, 5.41) is 9.66. The molecule has 0 saturated carbocycles. The average Bonchev–Trinajstić information content (AvgIpc) is 2.81. The van der Waals surface area contributed by atoms with E-state index in [1.165, 1.54) is 11.6 Å². The van der Waals surface area contributed by atoms with Crippen LogP contribution in [0, 0.1) is 5.82 Å². The van der Waals surface area contributed by atoms with Crippen LogP contribution in [-0.2, 0) is 6.42 Å². The number of benzene rings is 2. The Balaban J connectivity index is 2.00. The molecule has 1 N–H and O–H groups in total. The molecule has 0 saturated heterocycles. The highest BCUT2D eigenvalue weighted by atomic mass is 79.9. The maximum atomic E-state index is 13.4. The molecule has 1 aliphatic heterocycles. The van der Waals surface area contributed by atoms with E-state index < -0.39 is 6.10 Å². The number of anilines is 2. The second-order valence-electron chi connectivity index (χ2n) is 5.06. The van der Waals surface area contributed by atoms with Crippen molar-refractivity contribution in [3.8, 4) is 0 Å². The van der Waals surface area contributed by atoms with Crippen LogP contribution in [0.3, 0.4) is 0 Å². The minimum absolute atomic E-state index is 0.213. The molecule has 0 aliphatic carbocycles. The summed E-state index contributed by atoms with van der Waals surface area (Å²) in [6.45, 7) is 2.58. The maximum absolute atomic E-state index is 13.4. The summed E-state index contributed by atoms with van der Waals surface area (Å²) in [4.78, 5) is 2.11. The first-order valence-corrected chi connectivity index (χ1v) is 7.39. The molecule has 1 atom stereocenters. The Labute approximate surface area is 126 Å². The van der Waals surface area contributed by atoms with Crippen LogP contribution < -0.4 is 4.90 Å². The molecule has 0 radical (unpaired) electrons. The molecule has 0 aromatic heterocycles. The lowest BCUT2D eigenvalue weighted by Crippen LogP contribution is -2.13. The van der Waals surface area contributed by atoms with Gasteiger partial charge in [0.25, 0.3) is 0 Å². The van der Waals surface area contributed by atoms with Crippen LogP contribution in [0.4, 0.5) is 15.8 Å². The van der Waals surface area contributed by atoms with Gasteiger partial charge in [0.1, 0.15) is 5.82 Å². The molecule has 1 aliphatic rings. The van der Waals surface area contributed by atoms with Gasteiger partial charge in [0, 0.05) is 22.4 Å². The van der Waals surface area contributed by atoms with E-state index in [9.17, 15) is 9.50 Å². The van der Waals surface area contributed by atoms with Gasteiger partial charge in [0.05, 0.1) is 6.10 Å². The minimum Gasteiger partial charge on any atom is -0.389 e. The summed E-state index contributed by atoms with van der Waals surface area (Å²) in [5.41, 5.74) is 3.96. The van der Waals surface area contributed by atoms with Crippen LogP contribution in [0.5, 0.6) is 0 Å². The molecule has 2 nitrogen and oxygen atoms in total. The first-order valence-electron chi connectivity index (χ1n) is 6.60. The lowest BCUT2D eigenvalue weighted by atomic mass is 10.1. The van der Waals surface area contributed by atoms with E-state index in [0.29, 0.717) is 0 Å². The molecule has 2 aromatic carbocycles. The number of aliphatic hydroxyl groups excluding tert-OH is 1. The molecule has 0 amide bonds. The predicted molar refractivity (Wildman–Crippen MR) is 81.9 cm³/mol. The fourth-order valence-electron chi connectivity index (χ4n) is 2.64. The molecule has 1 heterocycles. The van der Waals surface area contributed by atoms with E-state index in [-0.39, 0.29) is 5.82 Å². The van der Waals surface area contributed by atoms with Gasteiger partial charge >= 0.3 is 0 Å². The first-order chi connectivity index (χ1) is 9.56. The third kappa shape index (κ3) is 2.34. The van der Waals surface area contributed by atoms with E-state index in [4.69, 9.17) is 0 Å². The zero-order chi connectivity index (χ0) is 14.3. The number of halogens is 2. The number of rotatable bonds is 2. The first kappa shape index (κ1) is 13.6. The van der Waals surface area contributed by atoms with Crippen LogP contribution in [0.15, 0.2) is 40.9 Å². The number of hydrogen-bond acceptors (Lipinski definition) is 2. The van der Waals surface area contributed by atoms with E-state index in [0.717, 1.165) is 34.4 Å². The van der Waals surface area contributed by atoms with Gasteiger partial charge in [-0.05, 0) is 48.7 Å². The van der Waals surface area contributed by atoms with Crippen molar-refractivity contribution in [3.63, 3.8) is 0 Å². The highest BCUT2D eigenvalue weighted by molar-refractivity contribution is 9.10. The molecule has 3 rings (SSSR count). The number of fused-ring (bicyclic) bond motifs is 1. The quantitative estimate of drug-likeness (QED) is 0.882. The molecular weight excluding hydrogens is 321 g/mol. The highest BCUT2D eigenvalue weighted by Gasteiger charge is 2.21. The molecule has 0 unspecified atom stereocenters. The highest BCUT2D eigenvalue weighted by Crippen LogP contribution is 2.37. The van der Waals surface area contributed by atoms with Crippen LogP contribution in [0.2, 0.25) is 0 Å². The van der Waals surface area contributed by atoms with Gasteiger partial charge in [-0.1, -0.05) is 28.1 Å². The third-order valence-electron chi connectivity index (χ3n) is 3.69. The molecule has 0 fully saturated rings.